The third kappa shape index (κ3) is 5.51. The predicted octanol–water partition coefficient (Wildman–Crippen LogP) is 2.04. The number of sulfonamides is 1. The van der Waals surface area contributed by atoms with Gasteiger partial charge in [-0.15, -0.1) is 0 Å². The lowest BCUT2D eigenvalue weighted by Gasteiger charge is -2.08. The topological polar surface area (TPSA) is 79.0 Å². The maximum absolute atomic E-state index is 11.9. The highest BCUT2D eigenvalue weighted by molar-refractivity contribution is 7.89. The Balaban J connectivity index is 2.54. The molecule has 0 aliphatic carbocycles. The number of alkyl halides is 3. The molecule has 0 aromatic carbocycles. The normalized spacial score (nSPS) is 12.6. The molecule has 114 valence electrons. The van der Waals surface area contributed by atoms with E-state index in [4.69, 9.17) is 11.6 Å². The zero-order valence-electron chi connectivity index (χ0n) is 10.1. The molecule has 1 rings (SSSR count). The van der Waals surface area contributed by atoms with Crippen LogP contribution in [0.15, 0.2) is 22.0 Å². The van der Waals surface area contributed by atoms with E-state index in [9.17, 15) is 26.4 Å². The Morgan fingerprint density at radius 1 is 1.30 bits per heavy atom. The van der Waals surface area contributed by atoms with Gasteiger partial charge in [0.2, 0.25) is 10.0 Å². The largest absolute Gasteiger partial charge is 0.389 e. The van der Waals surface area contributed by atoms with Crippen molar-refractivity contribution in [1.29, 1.82) is 0 Å². The first kappa shape index (κ1) is 17.0. The fourth-order valence-electron chi connectivity index (χ4n) is 1.33. The van der Waals surface area contributed by atoms with E-state index in [0.717, 1.165) is 12.3 Å². The predicted molar refractivity (Wildman–Crippen MR) is 67.2 cm³/mol. The molecule has 0 aliphatic rings. The molecule has 0 saturated carbocycles. The standard InChI is InChI=1S/C10H12ClF3N2O3S/c11-8-5-7(6-15-9(8)17)20(18,19)16-4-2-1-3-10(12,13)14/h5-6,16H,1-4H2,(H,15,17). The molecule has 20 heavy (non-hydrogen) atoms. The van der Waals surface area contributed by atoms with E-state index in [1.165, 1.54) is 0 Å². The van der Waals surface area contributed by atoms with Gasteiger partial charge in [-0.1, -0.05) is 11.6 Å². The van der Waals surface area contributed by atoms with Crippen molar-refractivity contribution in [3.63, 3.8) is 0 Å². The fourth-order valence-corrected chi connectivity index (χ4v) is 2.64. The minimum atomic E-state index is -4.24. The summed E-state index contributed by atoms with van der Waals surface area (Å²) in [7, 11) is -3.90. The van der Waals surface area contributed by atoms with Crippen molar-refractivity contribution in [2.75, 3.05) is 6.54 Å². The van der Waals surface area contributed by atoms with Crippen LogP contribution in [0.1, 0.15) is 19.3 Å². The van der Waals surface area contributed by atoms with Crippen molar-refractivity contribution >= 4 is 21.6 Å². The molecule has 1 heterocycles. The van der Waals surface area contributed by atoms with E-state index >= 15 is 0 Å². The van der Waals surface area contributed by atoms with Crippen LogP contribution in [0, 0.1) is 0 Å². The summed E-state index contributed by atoms with van der Waals surface area (Å²) in [5.74, 6) is 0. The van der Waals surface area contributed by atoms with E-state index in [0.29, 0.717) is 0 Å². The lowest BCUT2D eigenvalue weighted by molar-refractivity contribution is -0.135. The summed E-state index contributed by atoms with van der Waals surface area (Å²) >= 11 is 5.49. The van der Waals surface area contributed by atoms with Crippen LogP contribution in [0.5, 0.6) is 0 Å². The molecule has 2 N–H and O–H groups in total. The summed E-state index contributed by atoms with van der Waals surface area (Å²) in [6.07, 6.45) is -4.36. The number of pyridine rings is 1. The highest BCUT2D eigenvalue weighted by Crippen LogP contribution is 2.22. The number of aromatic nitrogens is 1. The molecule has 1 aromatic heterocycles. The maximum atomic E-state index is 11.9. The van der Waals surface area contributed by atoms with Crippen LogP contribution in [-0.4, -0.2) is 26.1 Å². The average Bonchev–Trinajstić information content (AvgIpc) is 2.30. The van der Waals surface area contributed by atoms with E-state index in [-0.39, 0.29) is 29.3 Å². The van der Waals surface area contributed by atoms with Gasteiger partial charge in [0.1, 0.15) is 5.02 Å². The van der Waals surface area contributed by atoms with Crippen molar-refractivity contribution in [3.8, 4) is 0 Å². The highest BCUT2D eigenvalue weighted by atomic mass is 35.5. The first-order chi connectivity index (χ1) is 9.12. The summed E-state index contributed by atoms with van der Waals surface area (Å²) in [6.45, 7) is -0.130. The molecular formula is C10H12ClF3N2O3S. The SMILES string of the molecule is O=c1[nH]cc(S(=O)(=O)NCCCCC(F)(F)F)cc1Cl. The van der Waals surface area contributed by atoms with Crippen molar-refractivity contribution in [2.24, 2.45) is 0 Å². The molecule has 0 spiro atoms. The molecule has 0 aliphatic heterocycles. The van der Waals surface area contributed by atoms with Gasteiger partial charge in [0.15, 0.2) is 0 Å². The Kier molecular flexibility index (Phi) is 5.60. The number of hydrogen-bond acceptors (Lipinski definition) is 3. The summed E-state index contributed by atoms with van der Waals surface area (Å²) < 4.78 is 61.2. The number of hydrogen-bond donors (Lipinski definition) is 2. The zero-order chi connectivity index (χ0) is 15.4. The molecule has 0 bridgehead atoms. The van der Waals surface area contributed by atoms with Gasteiger partial charge in [-0.2, -0.15) is 13.2 Å². The Morgan fingerprint density at radius 2 is 1.95 bits per heavy atom. The van der Waals surface area contributed by atoms with Gasteiger partial charge in [0.05, 0.1) is 4.90 Å². The lowest BCUT2D eigenvalue weighted by Crippen LogP contribution is -2.26. The Hall–Kier alpha value is -1.06. The van der Waals surface area contributed by atoms with Gasteiger partial charge in [0, 0.05) is 19.2 Å². The quantitative estimate of drug-likeness (QED) is 0.782. The van der Waals surface area contributed by atoms with E-state index in [1.807, 2.05) is 0 Å². The van der Waals surface area contributed by atoms with E-state index in [1.54, 1.807) is 0 Å². The maximum Gasteiger partial charge on any atom is 0.389 e. The van der Waals surface area contributed by atoms with Crippen LogP contribution in [0.25, 0.3) is 0 Å². The van der Waals surface area contributed by atoms with Crippen LogP contribution in [-0.2, 0) is 10.0 Å². The van der Waals surface area contributed by atoms with Gasteiger partial charge in [0.25, 0.3) is 5.56 Å². The third-order valence-corrected chi connectivity index (χ3v) is 4.04. The number of H-pyrrole nitrogens is 1. The van der Waals surface area contributed by atoms with Crippen LogP contribution in [0.2, 0.25) is 5.02 Å². The smallest absolute Gasteiger partial charge is 0.326 e. The van der Waals surface area contributed by atoms with Gasteiger partial charge in [-0.05, 0) is 18.9 Å². The van der Waals surface area contributed by atoms with Crippen LogP contribution >= 0.6 is 11.6 Å². The van der Waals surface area contributed by atoms with Gasteiger partial charge in [-0.3, -0.25) is 4.79 Å². The van der Waals surface area contributed by atoms with Crippen molar-refractivity contribution in [2.45, 2.75) is 30.3 Å². The van der Waals surface area contributed by atoms with Gasteiger partial charge >= 0.3 is 6.18 Å². The molecule has 0 atom stereocenters. The number of halogens is 4. The monoisotopic (exact) mass is 332 g/mol. The Labute approximate surface area is 118 Å². The van der Waals surface area contributed by atoms with E-state index < -0.39 is 28.2 Å². The van der Waals surface area contributed by atoms with Crippen LogP contribution in [0.3, 0.4) is 0 Å². The molecule has 5 nitrogen and oxygen atoms in total. The van der Waals surface area contributed by atoms with Crippen molar-refractivity contribution in [1.82, 2.24) is 9.71 Å². The summed E-state index contributed by atoms with van der Waals surface area (Å²) in [5.41, 5.74) is -0.629. The lowest BCUT2D eigenvalue weighted by atomic mass is 10.2. The number of nitrogens with one attached hydrogen (secondary N) is 2. The Morgan fingerprint density at radius 3 is 2.50 bits per heavy atom. The summed E-state index contributed by atoms with van der Waals surface area (Å²) in [4.78, 5) is 12.9. The first-order valence-electron chi connectivity index (χ1n) is 5.56. The second-order valence-electron chi connectivity index (χ2n) is 3.98. The second kappa shape index (κ2) is 6.59. The molecular weight excluding hydrogens is 321 g/mol. The number of aromatic amines is 1. The zero-order valence-corrected chi connectivity index (χ0v) is 11.7. The molecule has 0 saturated heterocycles. The molecule has 0 unspecified atom stereocenters. The first-order valence-corrected chi connectivity index (χ1v) is 7.42. The minimum Gasteiger partial charge on any atom is -0.326 e. The van der Waals surface area contributed by atoms with Gasteiger partial charge < -0.3 is 4.98 Å². The summed E-state index contributed by atoms with van der Waals surface area (Å²) in [6, 6.07) is 0.971. The van der Waals surface area contributed by atoms with Crippen molar-refractivity contribution in [3.05, 3.63) is 27.6 Å². The fraction of sp³-hybridized carbons (Fsp3) is 0.500. The molecule has 0 amide bonds. The molecule has 10 heteroatoms. The summed E-state index contributed by atoms with van der Waals surface area (Å²) in [5, 5.41) is -0.287. The van der Waals surface area contributed by atoms with Crippen LogP contribution < -0.4 is 10.3 Å². The van der Waals surface area contributed by atoms with Gasteiger partial charge in [-0.25, -0.2) is 13.1 Å². The van der Waals surface area contributed by atoms with Crippen molar-refractivity contribution < 1.29 is 21.6 Å². The second-order valence-corrected chi connectivity index (χ2v) is 6.16. The molecule has 0 fully saturated rings. The number of unbranched alkanes of at least 4 members (excludes halogenated alkanes) is 1. The van der Waals surface area contributed by atoms with E-state index in [2.05, 4.69) is 9.71 Å². The van der Waals surface area contributed by atoms with Crippen LogP contribution in [0.4, 0.5) is 13.2 Å². The minimum absolute atomic E-state index is 0.0514. The molecule has 1 aromatic rings. The molecule has 0 radical (unpaired) electrons. The third-order valence-electron chi connectivity index (χ3n) is 2.32. The Bertz CT molecular complexity index is 613. The number of rotatable bonds is 6. The average molecular weight is 333 g/mol. The highest BCUT2D eigenvalue weighted by Gasteiger charge is 2.26.